The summed E-state index contributed by atoms with van der Waals surface area (Å²) in [4.78, 5) is 10.8. The largest absolute Gasteiger partial charge is 0.478 e. The Labute approximate surface area is 82.1 Å². The fraction of sp³-hybridized carbons (Fsp3) is 0.200. The molecule has 0 aromatic heterocycles. The van der Waals surface area contributed by atoms with E-state index in [1.807, 2.05) is 6.92 Å². The minimum Gasteiger partial charge on any atom is -0.478 e. The normalized spacial score (nSPS) is 10.7. The van der Waals surface area contributed by atoms with Crippen LogP contribution < -0.4 is 5.84 Å². The summed E-state index contributed by atoms with van der Waals surface area (Å²) in [5, 5.41) is 12.3. The molecule has 0 aliphatic heterocycles. The molecule has 1 aromatic carbocycles. The molecule has 0 saturated carbocycles. The van der Waals surface area contributed by atoms with Crippen molar-refractivity contribution in [3.05, 3.63) is 34.4 Å². The summed E-state index contributed by atoms with van der Waals surface area (Å²) in [7, 11) is 0. The topological polar surface area (TPSA) is 75.7 Å². The maximum absolute atomic E-state index is 10.8. The van der Waals surface area contributed by atoms with Gasteiger partial charge in [-0.2, -0.15) is 5.10 Å². The molecule has 0 unspecified atom stereocenters. The lowest BCUT2D eigenvalue weighted by Crippen LogP contribution is -2.03. The second-order valence-electron chi connectivity index (χ2n) is 3.11. The van der Waals surface area contributed by atoms with E-state index in [1.54, 1.807) is 19.1 Å². The molecule has 0 atom stereocenters. The van der Waals surface area contributed by atoms with Crippen molar-refractivity contribution in [2.75, 3.05) is 0 Å². The van der Waals surface area contributed by atoms with Crippen molar-refractivity contribution in [3.8, 4) is 0 Å². The van der Waals surface area contributed by atoms with E-state index >= 15 is 0 Å². The van der Waals surface area contributed by atoms with E-state index < -0.39 is 5.97 Å². The van der Waals surface area contributed by atoms with Gasteiger partial charge in [0, 0.05) is 0 Å². The van der Waals surface area contributed by atoms with Crippen molar-refractivity contribution >= 4 is 12.2 Å². The molecule has 0 aliphatic carbocycles. The second-order valence-corrected chi connectivity index (χ2v) is 3.11. The molecular formula is C10H12N2O2. The maximum atomic E-state index is 10.8. The van der Waals surface area contributed by atoms with Gasteiger partial charge in [0.15, 0.2) is 0 Å². The second kappa shape index (κ2) is 3.91. The molecule has 0 amide bonds. The fourth-order valence-electron chi connectivity index (χ4n) is 1.32. The molecule has 0 aliphatic rings. The average Bonchev–Trinajstić information content (AvgIpc) is 2.09. The minimum atomic E-state index is -0.936. The predicted molar refractivity (Wildman–Crippen MR) is 54.7 cm³/mol. The Morgan fingerprint density at radius 3 is 2.57 bits per heavy atom. The third kappa shape index (κ3) is 1.90. The Morgan fingerprint density at radius 2 is 2.07 bits per heavy atom. The van der Waals surface area contributed by atoms with E-state index in [1.165, 1.54) is 6.21 Å². The molecule has 0 bridgehead atoms. The number of hydrogen-bond donors (Lipinski definition) is 2. The number of aryl methyl sites for hydroxylation is 2. The Hall–Kier alpha value is -1.84. The summed E-state index contributed by atoms with van der Waals surface area (Å²) in [6, 6.07) is 3.38. The Kier molecular flexibility index (Phi) is 2.86. The average molecular weight is 192 g/mol. The van der Waals surface area contributed by atoms with Crippen LogP contribution in [0.2, 0.25) is 0 Å². The SMILES string of the molecule is Cc1cc(C)c(C(=O)O)cc1/C=N/N. The van der Waals surface area contributed by atoms with Gasteiger partial charge in [0.1, 0.15) is 0 Å². The van der Waals surface area contributed by atoms with Crippen LogP contribution in [0.4, 0.5) is 0 Å². The zero-order valence-electron chi connectivity index (χ0n) is 8.11. The van der Waals surface area contributed by atoms with E-state index in [0.29, 0.717) is 0 Å². The highest BCUT2D eigenvalue weighted by Crippen LogP contribution is 2.14. The van der Waals surface area contributed by atoms with E-state index in [4.69, 9.17) is 10.9 Å². The number of nitrogens with two attached hydrogens (primary N) is 1. The molecule has 0 heterocycles. The third-order valence-electron chi connectivity index (χ3n) is 2.06. The third-order valence-corrected chi connectivity index (χ3v) is 2.06. The van der Waals surface area contributed by atoms with Gasteiger partial charge in [-0.3, -0.25) is 0 Å². The van der Waals surface area contributed by atoms with Gasteiger partial charge in [-0.1, -0.05) is 6.07 Å². The molecule has 4 nitrogen and oxygen atoms in total. The van der Waals surface area contributed by atoms with E-state index in [-0.39, 0.29) is 5.56 Å². The number of rotatable bonds is 2. The number of hydrogen-bond acceptors (Lipinski definition) is 3. The van der Waals surface area contributed by atoms with Crippen molar-refractivity contribution in [2.45, 2.75) is 13.8 Å². The highest BCUT2D eigenvalue weighted by atomic mass is 16.4. The van der Waals surface area contributed by atoms with Crippen molar-refractivity contribution in [1.29, 1.82) is 0 Å². The highest BCUT2D eigenvalue weighted by Gasteiger charge is 2.09. The van der Waals surface area contributed by atoms with Crippen LogP contribution in [0, 0.1) is 13.8 Å². The molecule has 0 saturated heterocycles. The molecule has 0 radical (unpaired) electrons. The smallest absolute Gasteiger partial charge is 0.335 e. The lowest BCUT2D eigenvalue weighted by Gasteiger charge is -2.05. The van der Waals surface area contributed by atoms with Gasteiger partial charge in [-0.25, -0.2) is 4.79 Å². The number of benzene rings is 1. The number of carboxylic acid groups (broad SMARTS) is 1. The Morgan fingerprint density at radius 1 is 1.43 bits per heavy atom. The van der Waals surface area contributed by atoms with E-state index in [2.05, 4.69) is 5.10 Å². The van der Waals surface area contributed by atoms with E-state index in [0.717, 1.165) is 16.7 Å². The lowest BCUT2D eigenvalue weighted by molar-refractivity contribution is 0.0696. The summed E-state index contributed by atoms with van der Waals surface area (Å²) in [6.45, 7) is 3.65. The van der Waals surface area contributed by atoms with Gasteiger partial charge in [0.25, 0.3) is 0 Å². The molecule has 3 N–H and O–H groups in total. The van der Waals surface area contributed by atoms with Crippen LogP contribution in [-0.2, 0) is 0 Å². The van der Waals surface area contributed by atoms with E-state index in [9.17, 15) is 4.79 Å². The zero-order valence-corrected chi connectivity index (χ0v) is 8.11. The monoisotopic (exact) mass is 192 g/mol. The molecule has 0 spiro atoms. The van der Waals surface area contributed by atoms with Crippen molar-refractivity contribution in [1.82, 2.24) is 0 Å². The first-order chi connectivity index (χ1) is 6.56. The summed E-state index contributed by atoms with van der Waals surface area (Å²) in [5.74, 6) is 4.08. The first-order valence-electron chi connectivity index (χ1n) is 4.14. The van der Waals surface area contributed by atoms with Crippen LogP contribution >= 0.6 is 0 Å². The standard InChI is InChI=1S/C10H12N2O2/c1-6-3-7(2)9(10(13)14)4-8(6)5-12-11/h3-5H,11H2,1-2H3,(H,13,14)/b12-5+. The van der Waals surface area contributed by atoms with Crippen LogP contribution in [0.5, 0.6) is 0 Å². The van der Waals surface area contributed by atoms with Gasteiger partial charge in [0.2, 0.25) is 0 Å². The Balaban J connectivity index is 3.34. The number of hydrazone groups is 1. The van der Waals surface area contributed by atoms with Gasteiger partial charge in [-0.05, 0) is 36.6 Å². The molecule has 0 fully saturated rings. The zero-order chi connectivity index (χ0) is 10.7. The summed E-state index contributed by atoms with van der Waals surface area (Å²) in [6.07, 6.45) is 1.45. The molecule has 1 rings (SSSR count). The number of nitrogens with zero attached hydrogens (tertiary/aromatic N) is 1. The molecule has 1 aromatic rings. The predicted octanol–water partition coefficient (Wildman–Crippen LogP) is 1.29. The summed E-state index contributed by atoms with van der Waals surface area (Å²) in [5.41, 5.74) is 2.71. The minimum absolute atomic E-state index is 0.283. The van der Waals surface area contributed by atoms with Gasteiger partial charge in [0.05, 0.1) is 11.8 Å². The van der Waals surface area contributed by atoms with Crippen molar-refractivity contribution in [2.24, 2.45) is 10.9 Å². The quantitative estimate of drug-likeness (QED) is 0.421. The van der Waals surface area contributed by atoms with Gasteiger partial charge < -0.3 is 10.9 Å². The van der Waals surface area contributed by atoms with Crippen LogP contribution in [0.25, 0.3) is 0 Å². The maximum Gasteiger partial charge on any atom is 0.335 e. The molecule has 14 heavy (non-hydrogen) atoms. The fourth-order valence-corrected chi connectivity index (χ4v) is 1.32. The highest BCUT2D eigenvalue weighted by molar-refractivity contribution is 5.93. The molecule has 4 heteroatoms. The first-order valence-corrected chi connectivity index (χ1v) is 4.14. The van der Waals surface area contributed by atoms with Crippen LogP contribution in [0.1, 0.15) is 27.0 Å². The number of carboxylic acids is 1. The summed E-state index contributed by atoms with van der Waals surface area (Å²) < 4.78 is 0. The first kappa shape index (κ1) is 10.2. The number of carbonyl (C=O) groups is 1. The molecular weight excluding hydrogens is 180 g/mol. The van der Waals surface area contributed by atoms with Crippen molar-refractivity contribution in [3.63, 3.8) is 0 Å². The van der Waals surface area contributed by atoms with Crippen LogP contribution in [-0.4, -0.2) is 17.3 Å². The number of aromatic carboxylic acids is 1. The Bertz CT molecular complexity index is 397. The molecule has 74 valence electrons. The van der Waals surface area contributed by atoms with Gasteiger partial charge >= 0.3 is 5.97 Å². The van der Waals surface area contributed by atoms with Crippen molar-refractivity contribution < 1.29 is 9.90 Å². The summed E-state index contributed by atoms with van der Waals surface area (Å²) >= 11 is 0. The van der Waals surface area contributed by atoms with Crippen LogP contribution in [0.3, 0.4) is 0 Å². The van der Waals surface area contributed by atoms with Crippen LogP contribution in [0.15, 0.2) is 17.2 Å². The lowest BCUT2D eigenvalue weighted by atomic mass is 10.0. The van der Waals surface area contributed by atoms with Gasteiger partial charge in [-0.15, -0.1) is 0 Å².